The minimum Gasteiger partial charge on any atom is -0.482 e. The highest BCUT2D eigenvalue weighted by molar-refractivity contribution is 5.95. The number of ether oxygens (including phenoxy) is 2. The van der Waals surface area contributed by atoms with E-state index in [2.05, 4.69) is 19.2 Å². The van der Waals surface area contributed by atoms with Gasteiger partial charge in [0.15, 0.2) is 12.7 Å². The third-order valence-electron chi connectivity index (χ3n) is 4.16. The first kappa shape index (κ1) is 21.0. The Morgan fingerprint density at radius 3 is 2.54 bits per heavy atom. The van der Waals surface area contributed by atoms with Gasteiger partial charge in [-0.2, -0.15) is 5.26 Å². The van der Waals surface area contributed by atoms with Crippen LogP contribution in [0, 0.1) is 18.3 Å². The van der Waals surface area contributed by atoms with Crippen molar-refractivity contribution in [2.24, 2.45) is 0 Å². The van der Waals surface area contributed by atoms with Gasteiger partial charge in [-0.05, 0) is 61.2 Å². The lowest BCUT2D eigenvalue weighted by Crippen LogP contribution is -2.31. The first-order valence-corrected chi connectivity index (χ1v) is 9.04. The molecule has 0 aromatic heterocycles. The van der Waals surface area contributed by atoms with Crippen molar-refractivity contribution in [3.05, 3.63) is 59.2 Å². The molecule has 6 nitrogen and oxygen atoms in total. The number of esters is 1. The fourth-order valence-corrected chi connectivity index (χ4v) is 2.72. The molecule has 0 aliphatic rings. The van der Waals surface area contributed by atoms with Crippen molar-refractivity contribution < 1.29 is 19.1 Å². The number of nitrogens with zero attached hydrogens (tertiary/aromatic N) is 1. The molecule has 0 radical (unpaired) electrons. The summed E-state index contributed by atoms with van der Waals surface area (Å²) in [5.74, 6) is -0.143. The first-order valence-electron chi connectivity index (χ1n) is 9.04. The predicted molar refractivity (Wildman–Crippen MR) is 106 cm³/mol. The van der Waals surface area contributed by atoms with Crippen molar-refractivity contribution >= 4 is 17.6 Å². The molecule has 2 rings (SSSR count). The van der Waals surface area contributed by atoms with Crippen LogP contribution in [0.5, 0.6) is 5.75 Å². The molecule has 0 saturated carbocycles. The van der Waals surface area contributed by atoms with Gasteiger partial charge in [-0.15, -0.1) is 0 Å². The standard InChI is InChI=1S/C22H24N2O4/c1-14(2)20-9-8-19(10-15(20)3)27-13-21(25)28-16(4)22(26)24-18-7-5-6-17(11-18)12-23/h5-11,14,16H,13H2,1-4H3,(H,24,26)/t16-/m1/s1. The van der Waals surface area contributed by atoms with Crippen LogP contribution in [0.15, 0.2) is 42.5 Å². The number of aryl methyl sites for hydroxylation is 1. The fourth-order valence-electron chi connectivity index (χ4n) is 2.72. The Morgan fingerprint density at radius 1 is 1.14 bits per heavy atom. The smallest absolute Gasteiger partial charge is 0.344 e. The number of amides is 1. The van der Waals surface area contributed by atoms with Crippen LogP contribution >= 0.6 is 0 Å². The molecule has 1 amide bonds. The molecule has 0 fully saturated rings. The van der Waals surface area contributed by atoms with Crippen LogP contribution in [0.25, 0.3) is 0 Å². The molecule has 146 valence electrons. The number of nitriles is 1. The fraction of sp³-hybridized carbons (Fsp3) is 0.318. The van der Waals surface area contributed by atoms with Gasteiger partial charge in [0.05, 0.1) is 11.6 Å². The van der Waals surface area contributed by atoms with Crippen LogP contribution in [-0.4, -0.2) is 24.6 Å². The molecule has 0 heterocycles. The number of hydrogen-bond acceptors (Lipinski definition) is 5. The van der Waals surface area contributed by atoms with Crippen molar-refractivity contribution in [1.82, 2.24) is 0 Å². The molecule has 1 atom stereocenters. The zero-order valence-electron chi connectivity index (χ0n) is 16.5. The van der Waals surface area contributed by atoms with Gasteiger partial charge in [0.25, 0.3) is 5.91 Å². The highest BCUT2D eigenvalue weighted by Crippen LogP contribution is 2.23. The average molecular weight is 380 g/mol. The van der Waals surface area contributed by atoms with E-state index in [1.807, 2.05) is 31.2 Å². The first-order chi connectivity index (χ1) is 13.3. The number of benzene rings is 2. The molecular formula is C22H24N2O4. The van der Waals surface area contributed by atoms with Gasteiger partial charge in [-0.1, -0.05) is 26.0 Å². The Morgan fingerprint density at radius 2 is 1.89 bits per heavy atom. The normalized spacial score (nSPS) is 11.4. The number of hydrogen-bond donors (Lipinski definition) is 1. The van der Waals surface area contributed by atoms with E-state index in [0.29, 0.717) is 22.9 Å². The maximum Gasteiger partial charge on any atom is 0.344 e. The number of carbonyl (C=O) groups is 2. The largest absolute Gasteiger partial charge is 0.482 e. The van der Waals surface area contributed by atoms with Crippen LogP contribution in [0.4, 0.5) is 5.69 Å². The third kappa shape index (κ3) is 5.85. The number of nitrogens with one attached hydrogen (secondary N) is 1. The second-order valence-electron chi connectivity index (χ2n) is 6.78. The van der Waals surface area contributed by atoms with Gasteiger partial charge in [0, 0.05) is 5.69 Å². The second-order valence-corrected chi connectivity index (χ2v) is 6.78. The summed E-state index contributed by atoms with van der Waals surface area (Å²) in [6, 6.07) is 14.1. The third-order valence-corrected chi connectivity index (χ3v) is 4.16. The van der Waals surface area contributed by atoms with Crippen molar-refractivity contribution in [3.8, 4) is 11.8 Å². The van der Waals surface area contributed by atoms with Crippen molar-refractivity contribution in [2.75, 3.05) is 11.9 Å². The van der Waals surface area contributed by atoms with E-state index < -0.39 is 18.0 Å². The van der Waals surface area contributed by atoms with Gasteiger partial charge in [-0.25, -0.2) is 4.79 Å². The molecule has 2 aromatic carbocycles. The van der Waals surface area contributed by atoms with Gasteiger partial charge in [-0.3, -0.25) is 4.79 Å². The van der Waals surface area contributed by atoms with Crippen LogP contribution < -0.4 is 10.1 Å². The molecule has 0 aliphatic heterocycles. The van der Waals surface area contributed by atoms with Crippen LogP contribution in [0.3, 0.4) is 0 Å². The van der Waals surface area contributed by atoms with Gasteiger partial charge < -0.3 is 14.8 Å². The number of carbonyl (C=O) groups excluding carboxylic acids is 2. The monoisotopic (exact) mass is 380 g/mol. The SMILES string of the molecule is Cc1cc(OCC(=O)O[C@H](C)C(=O)Nc2cccc(C#N)c2)ccc1C(C)C. The summed E-state index contributed by atoms with van der Waals surface area (Å²) < 4.78 is 10.6. The molecule has 0 aliphatic carbocycles. The second kappa shape index (κ2) is 9.56. The van der Waals surface area contributed by atoms with E-state index in [1.54, 1.807) is 24.3 Å². The van der Waals surface area contributed by atoms with Crippen LogP contribution in [-0.2, 0) is 14.3 Å². The summed E-state index contributed by atoms with van der Waals surface area (Å²) in [6.07, 6.45) is -0.994. The summed E-state index contributed by atoms with van der Waals surface area (Å²) in [6.45, 7) is 7.41. The van der Waals surface area contributed by atoms with Crippen LogP contribution in [0.1, 0.15) is 43.4 Å². The molecule has 1 N–H and O–H groups in total. The number of anilines is 1. The number of rotatable bonds is 7. The maximum atomic E-state index is 12.2. The van der Waals surface area contributed by atoms with Gasteiger partial charge in [0.2, 0.25) is 0 Å². The Balaban J connectivity index is 1.85. The van der Waals surface area contributed by atoms with Crippen molar-refractivity contribution in [1.29, 1.82) is 5.26 Å². The van der Waals surface area contributed by atoms with E-state index in [4.69, 9.17) is 14.7 Å². The summed E-state index contributed by atoms with van der Waals surface area (Å²) in [5.41, 5.74) is 3.20. The van der Waals surface area contributed by atoms with E-state index in [0.717, 1.165) is 5.56 Å². The van der Waals surface area contributed by atoms with E-state index >= 15 is 0 Å². The molecule has 28 heavy (non-hydrogen) atoms. The molecule has 0 bridgehead atoms. The van der Waals surface area contributed by atoms with Gasteiger partial charge in [0.1, 0.15) is 5.75 Å². The predicted octanol–water partition coefficient (Wildman–Crippen LogP) is 3.94. The van der Waals surface area contributed by atoms with Gasteiger partial charge >= 0.3 is 5.97 Å². The molecule has 0 spiro atoms. The zero-order valence-corrected chi connectivity index (χ0v) is 16.5. The lowest BCUT2D eigenvalue weighted by Gasteiger charge is -2.15. The van der Waals surface area contributed by atoms with E-state index in [-0.39, 0.29) is 6.61 Å². The average Bonchev–Trinajstić information content (AvgIpc) is 2.66. The highest BCUT2D eigenvalue weighted by Gasteiger charge is 2.18. The topological polar surface area (TPSA) is 88.4 Å². The minimum atomic E-state index is -0.994. The van der Waals surface area contributed by atoms with Crippen molar-refractivity contribution in [3.63, 3.8) is 0 Å². The van der Waals surface area contributed by atoms with Crippen LogP contribution in [0.2, 0.25) is 0 Å². The minimum absolute atomic E-state index is 0.290. The highest BCUT2D eigenvalue weighted by atomic mass is 16.6. The summed E-state index contributed by atoms with van der Waals surface area (Å²) in [7, 11) is 0. The summed E-state index contributed by atoms with van der Waals surface area (Å²) >= 11 is 0. The quantitative estimate of drug-likeness (QED) is 0.735. The molecule has 0 unspecified atom stereocenters. The Hall–Kier alpha value is -3.33. The van der Waals surface area contributed by atoms with Crippen molar-refractivity contribution in [2.45, 2.75) is 39.7 Å². The zero-order chi connectivity index (χ0) is 20.7. The maximum absolute atomic E-state index is 12.2. The lowest BCUT2D eigenvalue weighted by atomic mass is 9.98. The van der Waals surface area contributed by atoms with E-state index in [9.17, 15) is 9.59 Å². The lowest BCUT2D eigenvalue weighted by molar-refractivity contribution is -0.155. The molecule has 6 heteroatoms. The Kier molecular flexibility index (Phi) is 7.16. The van der Waals surface area contributed by atoms with E-state index in [1.165, 1.54) is 12.5 Å². The summed E-state index contributed by atoms with van der Waals surface area (Å²) in [4.78, 5) is 24.1. The molecular weight excluding hydrogens is 356 g/mol. The summed E-state index contributed by atoms with van der Waals surface area (Å²) in [5, 5.41) is 11.5. The molecule has 2 aromatic rings. The Labute approximate surface area is 165 Å². The molecule has 0 saturated heterocycles. The Bertz CT molecular complexity index is 900.